The van der Waals surface area contributed by atoms with Crippen molar-refractivity contribution in [2.45, 2.75) is 26.2 Å². The number of rotatable bonds is 6. The number of anilines is 1. The summed E-state index contributed by atoms with van der Waals surface area (Å²) in [6, 6.07) is 5.05. The maximum Gasteiger partial charge on any atom is 0.255 e. The molecule has 0 bridgehead atoms. The van der Waals surface area contributed by atoms with Crippen molar-refractivity contribution < 1.29 is 9.53 Å². The maximum atomic E-state index is 12.5. The van der Waals surface area contributed by atoms with Crippen LogP contribution >= 0.6 is 22.9 Å². The molecule has 0 spiro atoms. The van der Waals surface area contributed by atoms with E-state index < -0.39 is 0 Å². The molecule has 1 aromatic heterocycles. The lowest BCUT2D eigenvalue weighted by atomic mass is 9.93. The summed E-state index contributed by atoms with van der Waals surface area (Å²) in [5.41, 5.74) is 1.70. The maximum absolute atomic E-state index is 12.5. The van der Waals surface area contributed by atoms with Gasteiger partial charge in [-0.2, -0.15) is 0 Å². The predicted octanol–water partition coefficient (Wildman–Crippen LogP) is 3.65. The second kappa shape index (κ2) is 9.32. The van der Waals surface area contributed by atoms with E-state index in [4.69, 9.17) is 21.3 Å². The quantitative estimate of drug-likeness (QED) is 0.748. The van der Waals surface area contributed by atoms with Crippen molar-refractivity contribution in [3.8, 4) is 5.75 Å². The summed E-state index contributed by atoms with van der Waals surface area (Å²) in [6.45, 7) is 11.8. The molecule has 0 radical (unpaired) electrons. The van der Waals surface area contributed by atoms with E-state index in [0.29, 0.717) is 22.9 Å². The van der Waals surface area contributed by atoms with E-state index in [1.807, 2.05) is 0 Å². The Kier molecular flexibility index (Phi) is 7.03. The zero-order valence-electron chi connectivity index (χ0n) is 17.5. The van der Waals surface area contributed by atoms with Crippen LogP contribution in [0.1, 0.15) is 36.8 Å². The van der Waals surface area contributed by atoms with Crippen molar-refractivity contribution in [3.05, 3.63) is 39.9 Å². The summed E-state index contributed by atoms with van der Waals surface area (Å²) >= 11 is 7.74. The number of thiazole rings is 1. The summed E-state index contributed by atoms with van der Waals surface area (Å²) in [4.78, 5) is 22.0. The van der Waals surface area contributed by atoms with E-state index in [-0.39, 0.29) is 11.3 Å². The number of carbonyl (C=O) groups is 1. The molecule has 1 aliphatic heterocycles. The van der Waals surface area contributed by atoms with Crippen LogP contribution in [0.2, 0.25) is 5.02 Å². The highest BCUT2D eigenvalue weighted by molar-refractivity contribution is 7.13. The average Bonchev–Trinajstić information content (AvgIpc) is 3.19. The van der Waals surface area contributed by atoms with Gasteiger partial charge < -0.3 is 15.0 Å². The average molecular weight is 437 g/mol. The van der Waals surface area contributed by atoms with Crippen molar-refractivity contribution in [2.75, 3.05) is 51.3 Å². The SMILES string of the molecule is COc1ccc(Cl)cc1C(=O)NCCN1CCN(c2nc(C(C)(C)C)cs2)CC1. The Balaban J connectivity index is 1.45. The van der Waals surface area contributed by atoms with Crippen LogP contribution in [0.3, 0.4) is 0 Å². The number of ether oxygens (including phenoxy) is 1. The summed E-state index contributed by atoms with van der Waals surface area (Å²) in [7, 11) is 1.55. The number of hydrogen-bond acceptors (Lipinski definition) is 6. The van der Waals surface area contributed by atoms with Gasteiger partial charge in [0.15, 0.2) is 5.13 Å². The predicted molar refractivity (Wildman–Crippen MR) is 120 cm³/mol. The van der Waals surface area contributed by atoms with Crippen LogP contribution in [0.4, 0.5) is 5.13 Å². The molecule has 29 heavy (non-hydrogen) atoms. The lowest BCUT2D eigenvalue weighted by Crippen LogP contribution is -2.48. The largest absolute Gasteiger partial charge is 0.496 e. The third-order valence-corrected chi connectivity index (χ3v) is 6.16. The van der Waals surface area contributed by atoms with Gasteiger partial charge in [0.2, 0.25) is 0 Å². The van der Waals surface area contributed by atoms with Gasteiger partial charge in [-0.1, -0.05) is 32.4 Å². The molecule has 0 aliphatic carbocycles. The number of hydrogen-bond donors (Lipinski definition) is 1. The Morgan fingerprint density at radius 3 is 2.62 bits per heavy atom. The minimum atomic E-state index is -0.166. The smallest absolute Gasteiger partial charge is 0.255 e. The first-order chi connectivity index (χ1) is 13.8. The molecule has 158 valence electrons. The molecule has 1 aromatic carbocycles. The topological polar surface area (TPSA) is 57.7 Å². The lowest BCUT2D eigenvalue weighted by Gasteiger charge is -2.34. The van der Waals surface area contributed by atoms with E-state index in [2.05, 4.69) is 41.3 Å². The Labute approximate surface area is 181 Å². The molecular weight excluding hydrogens is 408 g/mol. The van der Waals surface area contributed by atoms with Crippen molar-refractivity contribution in [1.29, 1.82) is 0 Å². The van der Waals surface area contributed by atoms with E-state index in [1.165, 1.54) is 0 Å². The van der Waals surface area contributed by atoms with E-state index >= 15 is 0 Å². The Morgan fingerprint density at radius 1 is 1.28 bits per heavy atom. The molecule has 3 rings (SSSR count). The molecule has 1 amide bonds. The van der Waals surface area contributed by atoms with Gasteiger partial charge in [-0.25, -0.2) is 4.98 Å². The van der Waals surface area contributed by atoms with Crippen molar-refractivity contribution in [2.24, 2.45) is 0 Å². The summed E-state index contributed by atoms with van der Waals surface area (Å²) in [6.07, 6.45) is 0. The number of halogens is 1. The van der Waals surface area contributed by atoms with Crippen molar-refractivity contribution in [3.63, 3.8) is 0 Å². The molecule has 1 N–H and O–H groups in total. The number of nitrogens with one attached hydrogen (secondary N) is 1. The monoisotopic (exact) mass is 436 g/mol. The molecule has 1 fully saturated rings. The lowest BCUT2D eigenvalue weighted by molar-refractivity contribution is 0.0944. The number of methoxy groups -OCH3 is 1. The molecule has 2 heterocycles. The fraction of sp³-hybridized carbons (Fsp3) is 0.524. The zero-order chi connectivity index (χ0) is 21.0. The van der Waals surface area contributed by atoms with Gasteiger partial charge in [0.1, 0.15) is 5.75 Å². The number of nitrogens with zero attached hydrogens (tertiary/aromatic N) is 3. The minimum absolute atomic E-state index is 0.0838. The van der Waals surface area contributed by atoms with Crippen LogP contribution in [0.15, 0.2) is 23.6 Å². The highest BCUT2D eigenvalue weighted by Gasteiger charge is 2.23. The van der Waals surface area contributed by atoms with Gasteiger partial charge in [-0.05, 0) is 18.2 Å². The number of aromatic nitrogens is 1. The molecule has 1 saturated heterocycles. The van der Waals surface area contributed by atoms with Crippen LogP contribution in [-0.2, 0) is 5.41 Å². The highest BCUT2D eigenvalue weighted by atomic mass is 35.5. The number of carbonyl (C=O) groups excluding carboxylic acids is 1. The van der Waals surface area contributed by atoms with Gasteiger partial charge in [0.05, 0.1) is 18.4 Å². The van der Waals surface area contributed by atoms with Crippen molar-refractivity contribution >= 4 is 34.0 Å². The second-order valence-corrected chi connectivity index (χ2v) is 9.47. The van der Waals surface area contributed by atoms with Crippen LogP contribution in [-0.4, -0.2) is 62.2 Å². The van der Waals surface area contributed by atoms with E-state index in [9.17, 15) is 4.79 Å². The number of amides is 1. The summed E-state index contributed by atoms with van der Waals surface area (Å²) in [5, 5.41) is 6.76. The fourth-order valence-corrected chi connectivity index (χ4v) is 4.48. The molecular formula is C21H29ClN4O2S. The molecule has 0 saturated carbocycles. The Hall–Kier alpha value is -1.83. The fourth-order valence-electron chi connectivity index (χ4n) is 3.20. The summed E-state index contributed by atoms with van der Waals surface area (Å²) < 4.78 is 5.25. The standard InChI is InChI=1S/C21H29ClN4O2S/c1-21(2,3)18-14-29-20(24-18)26-11-9-25(10-12-26)8-7-23-19(27)16-13-15(22)5-6-17(16)28-4/h5-6,13-14H,7-12H2,1-4H3,(H,23,27). The molecule has 6 nitrogen and oxygen atoms in total. The highest BCUT2D eigenvalue weighted by Crippen LogP contribution is 2.29. The van der Waals surface area contributed by atoms with Crippen LogP contribution in [0.5, 0.6) is 5.75 Å². The molecule has 8 heteroatoms. The van der Waals surface area contributed by atoms with Crippen molar-refractivity contribution in [1.82, 2.24) is 15.2 Å². The summed E-state index contributed by atoms with van der Waals surface area (Å²) in [5.74, 6) is 0.360. The third kappa shape index (κ3) is 5.62. The third-order valence-electron chi connectivity index (χ3n) is 5.02. The number of benzene rings is 1. The molecule has 1 aliphatic rings. The first-order valence-electron chi connectivity index (χ1n) is 9.83. The zero-order valence-corrected chi connectivity index (χ0v) is 19.1. The molecule has 0 atom stereocenters. The minimum Gasteiger partial charge on any atom is -0.496 e. The first-order valence-corrected chi connectivity index (χ1v) is 11.1. The Bertz CT molecular complexity index is 841. The van der Waals surface area contributed by atoms with Crippen LogP contribution < -0.4 is 15.0 Å². The van der Waals surface area contributed by atoms with Gasteiger partial charge in [-0.3, -0.25) is 9.69 Å². The molecule has 0 unspecified atom stereocenters. The van der Waals surface area contributed by atoms with E-state index in [0.717, 1.165) is 43.5 Å². The molecule has 2 aromatic rings. The number of piperazine rings is 1. The van der Waals surface area contributed by atoms with Gasteiger partial charge >= 0.3 is 0 Å². The van der Waals surface area contributed by atoms with Gasteiger partial charge in [0, 0.05) is 55.1 Å². The van der Waals surface area contributed by atoms with Gasteiger partial charge in [0.25, 0.3) is 5.91 Å². The van der Waals surface area contributed by atoms with Crippen LogP contribution in [0, 0.1) is 0 Å². The normalized spacial score (nSPS) is 15.4. The van der Waals surface area contributed by atoms with E-state index in [1.54, 1.807) is 36.6 Å². The van der Waals surface area contributed by atoms with Crippen LogP contribution in [0.25, 0.3) is 0 Å². The Morgan fingerprint density at radius 2 is 2.00 bits per heavy atom. The first kappa shape index (κ1) is 21.9. The second-order valence-electron chi connectivity index (χ2n) is 8.19. The van der Waals surface area contributed by atoms with Gasteiger partial charge in [-0.15, -0.1) is 11.3 Å².